The molecule has 5 nitrogen and oxygen atoms in total. The lowest BCUT2D eigenvalue weighted by molar-refractivity contribution is -0.186. The van der Waals surface area contributed by atoms with Gasteiger partial charge >= 0.3 is 0 Å². The van der Waals surface area contributed by atoms with Gasteiger partial charge in [0.2, 0.25) is 0 Å². The van der Waals surface area contributed by atoms with Crippen LogP contribution in [0.4, 0.5) is 0 Å². The average Bonchev–Trinajstić information content (AvgIpc) is 2.92. The third kappa shape index (κ3) is 2.10. The number of rotatable bonds is 2. The Morgan fingerprint density at radius 3 is 2.12 bits per heavy atom. The van der Waals surface area contributed by atoms with E-state index in [1.165, 1.54) is 0 Å². The topological polar surface area (TPSA) is 83.1 Å². The van der Waals surface area contributed by atoms with Gasteiger partial charge in [0.15, 0.2) is 17.0 Å². The molecule has 2 aliphatic carbocycles. The van der Waals surface area contributed by atoms with Crippen molar-refractivity contribution in [2.24, 2.45) is 16.7 Å². The summed E-state index contributed by atoms with van der Waals surface area (Å²) >= 11 is 0. The van der Waals surface area contributed by atoms with E-state index in [-0.39, 0.29) is 5.78 Å². The molecule has 1 unspecified atom stereocenters. The molecule has 3 aliphatic rings. The molecule has 0 amide bonds. The molecule has 1 aromatic rings. The van der Waals surface area contributed by atoms with Gasteiger partial charge in [0.05, 0.1) is 31.3 Å². The third-order valence-corrected chi connectivity index (χ3v) is 6.36. The van der Waals surface area contributed by atoms with Crippen molar-refractivity contribution in [1.29, 1.82) is 10.5 Å². The van der Waals surface area contributed by atoms with E-state index in [4.69, 9.17) is 9.47 Å². The quantitative estimate of drug-likeness (QED) is 0.775. The van der Waals surface area contributed by atoms with Crippen LogP contribution in [0.5, 0.6) is 0 Å². The van der Waals surface area contributed by atoms with Gasteiger partial charge in [-0.1, -0.05) is 29.8 Å². The minimum atomic E-state index is -1.23. The predicted molar refractivity (Wildman–Crippen MR) is 88.2 cm³/mol. The van der Waals surface area contributed by atoms with Crippen molar-refractivity contribution < 1.29 is 14.3 Å². The van der Waals surface area contributed by atoms with E-state index in [2.05, 4.69) is 12.1 Å². The Hall–Kier alpha value is -2.21. The molecule has 0 N–H and O–H groups in total. The molecular formula is C20H20N2O3. The van der Waals surface area contributed by atoms with Gasteiger partial charge in [-0.25, -0.2) is 0 Å². The fourth-order valence-corrected chi connectivity index (χ4v) is 4.85. The molecule has 5 heteroatoms. The highest BCUT2D eigenvalue weighted by molar-refractivity contribution is 6.02. The SMILES string of the molecule is Cc1ccc(C(=O)C2C(C#N)(C#N)C23CCC2(CC3)OCCO2)cc1. The third-order valence-electron chi connectivity index (χ3n) is 6.36. The number of aryl methyl sites for hydroxylation is 1. The first-order valence-corrected chi connectivity index (χ1v) is 8.74. The van der Waals surface area contributed by atoms with Crippen LogP contribution in [0.15, 0.2) is 24.3 Å². The van der Waals surface area contributed by atoms with Gasteiger partial charge in [-0.15, -0.1) is 0 Å². The molecule has 25 heavy (non-hydrogen) atoms. The fraction of sp³-hybridized carbons (Fsp3) is 0.550. The lowest BCUT2D eigenvalue weighted by Gasteiger charge is -2.36. The molecule has 2 saturated carbocycles. The number of ketones is 1. The average molecular weight is 336 g/mol. The number of benzene rings is 1. The van der Waals surface area contributed by atoms with E-state index in [9.17, 15) is 15.3 Å². The molecule has 1 atom stereocenters. The summed E-state index contributed by atoms with van der Waals surface area (Å²) < 4.78 is 11.5. The summed E-state index contributed by atoms with van der Waals surface area (Å²) in [6.45, 7) is 3.13. The van der Waals surface area contributed by atoms with Crippen LogP contribution in [0.25, 0.3) is 0 Å². The van der Waals surface area contributed by atoms with E-state index >= 15 is 0 Å². The number of carbonyl (C=O) groups is 1. The summed E-state index contributed by atoms with van der Waals surface area (Å²) in [5.74, 6) is -1.22. The van der Waals surface area contributed by atoms with Crippen molar-refractivity contribution in [3.05, 3.63) is 35.4 Å². The van der Waals surface area contributed by atoms with E-state index in [1.54, 1.807) is 12.1 Å². The van der Waals surface area contributed by atoms with Crippen LogP contribution in [0.3, 0.4) is 0 Å². The Morgan fingerprint density at radius 1 is 1.04 bits per heavy atom. The minimum Gasteiger partial charge on any atom is -0.348 e. The highest BCUT2D eigenvalue weighted by Gasteiger charge is 2.81. The molecule has 1 aromatic carbocycles. The van der Waals surface area contributed by atoms with Crippen LogP contribution in [0.1, 0.15) is 41.6 Å². The largest absolute Gasteiger partial charge is 0.348 e. The maximum Gasteiger partial charge on any atom is 0.169 e. The summed E-state index contributed by atoms with van der Waals surface area (Å²) in [5, 5.41) is 19.5. The van der Waals surface area contributed by atoms with Crippen LogP contribution in [0, 0.1) is 46.3 Å². The molecule has 0 aromatic heterocycles. The number of Topliss-reactive ketones (excluding diaryl/α,β-unsaturated/α-hetero) is 1. The Labute approximate surface area is 147 Å². The summed E-state index contributed by atoms with van der Waals surface area (Å²) in [5.41, 5.74) is -0.145. The molecule has 1 aliphatic heterocycles. The van der Waals surface area contributed by atoms with Crippen molar-refractivity contribution in [1.82, 2.24) is 0 Å². The van der Waals surface area contributed by atoms with Crippen LogP contribution < -0.4 is 0 Å². The van der Waals surface area contributed by atoms with Gasteiger partial charge in [0.25, 0.3) is 0 Å². The molecule has 1 heterocycles. The van der Waals surface area contributed by atoms with Gasteiger partial charge in [-0.3, -0.25) is 4.79 Å². The van der Waals surface area contributed by atoms with Crippen molar-refractivity contribution in [3.63, 3.8) is 0 Å². The number of nitriles is 2. The predicted octanol–water partition coefficient (Wildman–Crippen LogP) is 3.14. The second kappa shape index (κ2) is 5.39. The second-order valence-electron chi connectivity index (χ2n) is 7.46. The Bertz CT molecular complexity index is 770. The van der Waals surface area contributed by atoms with E-state index in [0.29, 0.717) is 44.5 Å². The summed E-state index contributed by atoms with van der Waals surface area (Å²) in [6, 6.07) is 11.7. The van der Waals surface area contributed by atoms with Crippen molar-refractivity contribution >= 4 is 5.78 Å². The first kappa shape index (κ1) is 16.3. The maximum atomic E-state index is 13.1. The Kier molecular flexibility index (Phi) is 3.51. The lowest BCUT2D eigenvalue weighted by atomic mass is 9.77. The zero-order chi connectivity index (χ0) is 17.7. The van der Waals surface area contributed by atoms with Gasteiger partial charge in [-0.2, -0.15) is 10.5 Å². The molecule has 0 bridgehead atoms. The van der Waals surface area contributed by atoms with Crippen LogP contribution in [-0.4, -0.2) is 24.8 Å². The van der Waals surface area contributed by atoms with Gasteiger partial charge in [0.1, 0.15) is 0 Å². The summed E-state index contributed by atoms with van der Waals surface area (Å²) in [7, 11) is 0. The molecule has 128 valence electrons. The highest BCUT2D eigenvalue weighted by atomic mass is 16.7. The minimum absolute atomic E-state index is 0.0905. The molecule has 1 saturated heterocycles. The highest BCUT2D eigenvalue weighted by Crippen LogP contribution is 2.76. The van der Waals surface area contributed by atoms with Gasteiger partial charge < -0.3 is 9.47 Å². The standard InChI is InChI=1S/C20H20N2O3/c1-14-2-4-15(5-3-14)16(23)17-18(19(17,12-21)13-22)6-8-20(9-7-18)24-10-11-25-20/h2-5,17H,6-11H2,1H3. The molecule has 0 radical (unpaired) electrons. The summed E-state index contributed by atoms with van der Waals surface area (Å²) in [6.07, 6.45) is 2.48. The number of carbonyl (C=O) groups excluding carboxylic acids is 1. The van der Waals surface area contributed by atoms with E-state index in [1.807, 2.05) is 19.1 Å². The van der Waals surface area contributed by atoms with Crippen LogP contribution in [0.2, 0.25) is 0 Å². The first-order chi connectivity index (χ1) is 12.0. The van der Waals surface area contributed by atoms with Crippen molar-refractivity contribution in [2.45, 2.75) is 38.4 Å². The smallest absolute Gasteiger partial charge is 0.169 e. The fourth-order valence-electron chi connectivity index (χ4n) is 4.85. The Balaban J connectivity index is 1.63. The van der Waals surface area contributed by atoms with Crippen LogP contribution >= 0.6 is 0 Å². The zero-order valence-corrected chi connectivity index (χ0v) is 14.2. The van der Waals surface area contributed by atoms with Gasteiger partial charge in [0, 0.05) is 23.8 Å². The molecular weight excluding hydrogens is 316 g/mol. The second-order valence-corrected chi connectivity index (χ2v) is 7.46. The normalized spacial score (nSPS) is 31.4. The molecule has 4 rings (SSSR count). The first-order valence-electron chi connectivity index (χ1n) is 8.74. The monoisotopic (exact) mass is 336 g/mol. The number of hydrogen-bond acceptors (Lipinski definition) is 5. The molecule has 2 spiro atoms. The van der Waals surface area contributed by atoms with Crippen molar-refractivity contribution in [2.75, 3.05) is 13.2 Å². The summed E-state index contributed by atoms with van der Waals surface area (Å²) in [4.78, 5) is 13.1. The lowest BCUT2D eigenvalue weighted by Crippen LogP contribution is -2.37. The van der Waals surface area contributed by atoms with Gasteiger partial charge in [-0.05, 0) is 19.8 Å². The number of hydrogen-bond donors (Lipinski definition) is 0. The maximum absolute atomic E-state index is 13.1. The van der Waals surface area contributed by atoms with E-state index < -0.39 is 22.5 Å². The molecule has 3 fully saturated rings. The van der Waals surface area contributed by atoms with Crippen molar-refractivity contribution in [3.8, 4) is 12.1 Å². The number of nitrogens with zero attached hydrogens (tertiary/aromatic N) is 2. The Morgan fingerprint density at radius 2 is 1.60 bits per heavy atom. The zero-order valence-electron chi connectivity index (χ0n) is 14.2. The van der Waals surface area contributed by atoms with E-state index in [0.717, 1.165) is 5.56 Å². The number of ether oxygens (including phenoxy) is 2. The van der Waals surface area contributed by atoms with Crippen LogP contribution in [-0.2, 0) is 9.47 Å².